The van der Waals surface area contributed by atoms with Crippen LogP contribution in [0.15, 0.2) is 22.6 Å². The highest BCUT2D eigenvalue weighted by Gasteiger charge is 2.08. The van der Waals surface area contributed by atoms with E-state index in [0.717, 1.165) is 0 Å². The molecule has 0 atom stereocenters. The van der Waals surface area contributed by atoms with Gasteiger partial charge in [-0.2, -0.15) is 0 Å². The molecule has 0 radical (unpaired) electrons. The minimum atomic E-state index is -0.119. The van der Waals surface area contributed by atoms with Crippen LogP contribution in [0.5, 0.6) is 0 Å². The third kappa shape index (κ3) is 5.27. The fourth-order valence-electron chi connectivity index (χ4n) is 1.82. The van der Waals surface area contributed by atoms with Gasteiger partial charge in [-0.05, 0) is 18.2 Å². The lowest BCUT2D eigenvalue weighted by atomic mass is 10.3. The topological polar surface area (TPSA) is 85.6 Å². The molecule has 0 fully saturated rings. The summed E-state index contributed by atoms with van der Waals surface area (Å²) in [5, 5.41) is 5.77. The molecule has 0 unspecified atom stereocenters. The Morgan fingerprint density at radius 3 is 2.86 bits per heavy atom. The monoisotopic (exact) mass is 329 g/mol. The SMILES string of the molecule is COCCNCC(=O)Nc1ccc2oc(COC)nc2c1.Cl. The summed E-state index contributed by atoms with van der Waals surface area (Å²) >= 11 is 0. The highest BCUT2D eigenvalue weighted by molar-refractivity contribution is 5.94. The third-order valence-electron chi connectivity index (χ3n) is 2.75. The van der Waals surface area contributed by atoms with E-state index in [-0.39, 0.29) is 24.9 Å². The Hall–Kier alpha value is -1.67. The summed E-state index contributed by atoms with van der Waals surface area (Å²) in [5.41, 5.74) is 2.03. The molecule has 0 bridgehead atoms. The van der Waals surface area contributed by atoms with Crippen LogP contribution < -0.4 is 10.6 Å². The summed E-state index contributed by atoms with van der Waals surface area (Å²) < 4.78 is 15.3. The van der Waals surface area contributed by atoms with Gasteiger partial charge in [0, 0.05) is 26.5 Å². The largest absolute Gasteiger partial charge is 0.438 e. The normalized spacial score (nSPS) is 10.5. The molecule has 2 rings (SSSR count). The van der Waals surface area contributed by atoms with E-state index in [1.807, 2.05) is 0 Å². The number of fused-ring (bicyclic) bond motifs is 1. The van der Waals surface area contributed by atoms with Gasteiger partial charge in [-0.15, -0.1) is 12.4 Å². The van der Waals surface area contributed by atoms with Crippen LogP contribution in [0, 0.1) is 0 Å². The van der Waals surface area contributed by atoms with E-state index in [2.05, 4.69) is 15.6 Å². The maximum Gasteiger partial charge on any atom is 0.238 e. The smallest absolute Gasteiger partial charge is 0.238 e. The number of hydrogen-bond acceptors (Lipinski definition) is 6. The van der Waals surface area contributed by atoms with Crippen molar-refractivity contribution in [2.45, 2.75) is 6.61 Å². The number of rotatable bonds is 8. The lowest BCUT2D eigenvalue weighted by Gasteiger charge is -2.06. The van der Waals surface area contributed by atoms with Gasteiger partial charge in [-0.1, -0.05) is 0 Å². The van der Waals surface area contributed by atoms with Gasteiger partial charge in [0.05, 0.1) is 13.2 Å². The van der Waals surface area contributed by atoms with Gasteiger partial charge in [-0.25, -0.2) is 4.98 Å². The van der Waals surface area contributed by atoms with Crippen LogP contribution in [0.4, 0.5) is 5.69 Å². The van der Waals surface area contributed by atoms with E-state index in [1.54, 1.807) is 32.4 Å². The van der Waals surface area contributed by atoms with Gasteiger partial charge in [0.15, 0.2) is 5.58 Å². The molecule has 1 amide bonds. The van der Waals surface area contributed by atoms with Crippen LogP contribution in [0.3, 0.4) is 0 Å². The van der Waals surface area contributed by atoms with Crippen molar-refractivity contribution in [3.8, 4) is 0 Å². The number of methoxy groups -OCH3 is 2. The number of halogens is 1. The number of carbonyl (C=O) groups is 1. The van der Waals surface area contributed by atoms with Crippen LogP contribution >= 0.6 is 12.4 Å². The molecular weight excluding hydrogens is 310 g/mol. The molecule has 1 aromatic carbocycles. The Kier molecular flexibility index (Phi) is 7.83. The quantitative estimate of drug-likeness (QED) is 0.715. The lowest BCUT2D eigenvalue weighted by molar-refractivity contribution is -0.115. The molecule has 0 aliphatic rings. The van der Waals surface area contributed by atoms with Gasteiger partial charge >= 0.3 is 0 Å². The molecule has 0 aliphatic carbocycles. The van der Waals surface area contributed by atoms with Crippen molar-refractivity contribution in [3.05, 3.63) is 24.1 Å². The molecule has 0 saturated heterocycles. The zero-order valence-corrected chi connectivity index (χ0v) is 13.4. The zero-order valence-electron chi connectivity index (χ0n) is 12.5. The molecule has 22 heavy (non-hydrogen) atoms. The number of carbonyl (C=O) groups excluding carboxylic acids is 1. The predicted octanol–water partition coefficient (Wildman–Crippen LogP) is 1.57. The average Bonchev–Trinajstić information content (AvgIpc) is 2.85. The maximum atomic E-state index is 11.7. The first-order chi connectivity index (χ1) is 10.2. The summed E-state index contributed by atoms with van der Waals surface area (Å²) in [5.74, 6) is 0.392. The predicted molar refractivity (Wildman–Crippen MR) is 85.3 cm³/mol. The van der Waals surface area contributed by atoms with Crippen molar-refractivity contribution < 1.29 is 18.7 Å². The number of nitrogens with zero attached hydrogens (tertiary/aromatic N) is 1. The van der Waals surface area contributed by atoms with Crippen molar-refractivity contribution in [1.82, 2.24) is 10.3 Å². The number of oxazole rings is 1. The number of aromatic nitrogens is 1. The van der Waals surface area contributed by atoms with Crippen molar-refractivity contribution in [1.29, 1.82) is 0 Å². The van der Waals surface area contributed by atoms with Gasteiger partial charge in [-0.3, -0.25) is 4.79 Å². The number of ether oxygens (including phenoxy) is 2. The van der Waals surface area contributed by atoms with Gasteiger partial charge in [0.2, 0.25) is 11.8 Å². The van der Waals surface area contributed by atoms with Crippen molar-refractivity contribution in [3.63, 3.8) is 0 Å². The minimum absolute atomic E-state index is 0. The van der Waals surface area contributed by atoms with Crippen molar-refractivity contribution in [2.75, 3.05) is 39.2 Å². The van der Waals surface area contributed by atoms with Crippen LogP contribution in [0.25, 0.3) is 11.1 Å². The average molecular weight is 330 g/mol. The standard InChI is InChI=1S/C14H19N3O4.ClH/c1-19-6-5-15-8-13(18)16-10-3-4-12-11(7-10)17-14(21-12)9-20-2;/h3-4,7,15H,5-6,8-9H2,1-2H3,(H,16,18);1H. The number of anilines is 1. The molecule has 122 valence electrons. The second-order valence-corrected chi connectivity index (χ2v) is 4.44. The maximum absolute atomic E-state index is 11.7. The molecule has 8 heteroatoms. The van der Waals surface area contributed by atoms with E-state index in [1.165, 1.54) is 0 Å². The first kappa shape index (κ1) is 18.4. The van der Waals surface area contributed by atoms with E-state index in [0.29, 0.717) is 42.4 Å². The number of nitrogens with one attached hydrogen (secondary N) is 2. The van der Waals surface area contributed by atoms with E-state index >= 15 is 0 Å². The fraction of sp³-hybridized carbons (Fsp3) is 0.429. The van der Waals surface area contributed by atoms with Crippen molar-refractivity contribution in [2.24, 2.45) is 0 Å². The molecule has 0 spiro atoms. The molecule has 7 nitrogen and oxygen atoms in total. The Morgan fingerprint density at radius 2 is 2.14 bits per heavy atom. The molecular formula is C14H20ClN3O4. The molecule has 1 heterocycles. The van der Waals surface area contributed by atoms with Crippen LogP contribution in [-0.2, 0) is 20.9 Å². The first-order valence-electron chi connectivity index (χ1n) is 6.61. The fourth-order valence-corrected chi connectivity index (χ4v) is 1.82. The van der Waals surface area contributed by atoms with Crippen LogP contribution in [0.2, 0.25) is 0 Å². The summed E-state index contributed by atoms with van der Waals surface area (Å²) in [7, 11) is 3.20. The number of benzene rings is 1. The van der Waals surface area contributed by atoms with E-state index in [9.17, 15) is 4.79 Å². The lowest BCUT2D eigenvalue weighted by Crippen LogP contribution is -2.30. The van der Waals surface area contributed by atoms with E-state index < -0.39 is 0 Å². The summed E-state index contributed by atoms with van der Waals surface area (Å²) in [6.07, 6.45) is 0. The Balaban J connectivity index is 0.00000242. The van der Waals surface area contributed by atoms with Gasteiger partial charge < -0.3 is 24.5 Å². The molecule has 1 aromatic heterocycles. The molecule has 2 N–H and O–H groups in total. The highest BCUT2D eigenvalue weighted by Crippen LogP contribution is 2.20. The summed E-state index contributed by atoms with van der Waals surface area (Å²) in [6, 6.07) is 5.32. The van der Waals surface area contributed by atoms with E-state index in [4.69, 9.17) is 13.9 Å². The Labute approximate surface area is 134 Å². The highest BCUT2D eigenvalue weighted by atomic mass is 35.5. The molecule has 0 aliphatic heterocycles. The third-order valence-corrected chi connectivity index (χ3v) is 2.75. The zero-order chi connectivity index (χ0) is 15.1. The van der Waals surface area contributed by atoms with Crippen LogP contribution in [0.1, 0.15) is 5.89 Å². The summed E-state index contributed by atoms with van der Waals surface area (Å²) in [6.45, 7) is 1.75. The van der Waals surface area contributed by atoms with Gasteiger partial charge in [0.25, 0.3) is 0 Å². The summed E-state index contributed by atoms with van der Waals surface area (Å²) in [4.78, 5) is 16.0. The van der Waals surface area contributed by atoms with Gasteiger partial charge in [0.1, 0.15) is 12.1 Å². The molecule has 0 saturated carbocycles. The molecule has 2 aromatic rings. The first-order valence-corrected chi connectivity index (χ1v) is 6.61. The second kappa shape index (κ2) is 9.37. The van der Waals surface area contributed by atoms with Crippen LogP contribution in [-0.4, -0.2) is 44.8 Å². The second-order valence-electron chi connectivity index (χ2n) is 4.44. The number of amides is 1. The number of hydrogen-bond donors (Lipinski definition) is 2. The minimum Gasteiger partial charge on any atom is -0.438 e. The Morgan fingerprint density at radius 1 is 1.32 bits per heavy atom. The Bertz CT molecular complexity index is 603. The van der Waals surface area contributed by atoms with Crippen molar-refractivity contribution >= 4 is 35.1 Å².